The van der Waals surface area contributed by atoms with Crippen LogP contribution in [0.5, 0.6) is 0 Å². The van der Waals surface area contributed by atoms with Crippen molar-refractivity contribution in [3.63, 3.8) is 0 Å². The third-order valence-corrected chi connectivity index (χ3v) is 3.17. The Balaban J connectivity index is 3.84. The summed E-state index contributed by atoms with van der Waals surface area (Å²) < 4.78 is 78.4. The summed E-state index contributed by atoms with van der Waals surface area (Å²) in [5.41, 5.74) is -1.68. The smallest absolute Gasteiger partial charge is 0.344 e. The molecule has 0 amide bonds. The number of ether oxygens (including phenoxy) is 1. The van der Waals surface area contributed by atoms with E-state index >= 15 is 0 Å². The van der Waals surface area contributed by atoms with E-state index in [0.717, 1.165) is 0 Å². The molecule has 1 aromatic carbocycles. The number of carbonyl (C=O) groups excluding carboxylic acids is 1. The third kappa shape index (κ3) is 2.27. The van der Waals surface area contributed by atoms with E-state index in [-0.39, 0.29) is 0 Å². The molecule has 100 valence electrons. The zero-order chi connectivity index (χ0) is 14.2. The molecule has 1 rings (SSSR count). The third-order valence-electron chi connectivity index (χ3n) is 1.86. The summed E-state index contributed by atoms with van der Waals surface area (Å²) in [4.78, 5) is 8.89. The SMILES string of the molecule is COC(=O)c1c(F)c(F)c(S(=O)(=O)Cl)c(F)c1F. The number of hydrogen-bond acceptors (Lipinski definition) is 4. The van der Waals surface area contributed by atoms with Gasteiger partial charge in [0.05, 0.1) is 7.11 Å². The van der Waals surface area contributed by atoms with Crippen molar-refractivity contribution in [2.75, 3.05) is 7.11 Å². The van der Waals surface area contributed by atoms with Crippen LogP contribution in [0.3, 0.4) is 0 Å². The molecule has 0 bridgehead atoms. The van der Waals surface area contributed by atoms with E-state index in [2.05, 4.69) is 15.4 Å². The molecule has 0 spiro atoms. The van der Waals surface area contributed by atoms with Crippen molar-refractivity contribution >= 4 is 25.7 Å². The van der Waals surface area contributed by atoms with Gasteiger partial charge in [0.1, 0.15) is 5.56 Å². The maximum absolute atomic E-state index is 13.3. The molecule has 10 heteroatoms. The van der Waals surface area contributed by atoms with Gasteiger partial charge in [0.25, 0.3) is 9.05 Å². The van der Waals surface area contributed by atoms with E-state index in [9.17, 15) is 30.8 Å². The van der Waals surface area contributed by atoms with Gasteiger partial charge in [0.15, 0.2) is 28.2 Å². The van der Waals surface area contributed by atoms with Gasteiger partial charge in [-0.05, 0) is 0 Å². The van der Waals surface area contributed by atoms with Gasteiger partial charge >= 0.3 is 5.97 Å². The molecule has 0 N–H and O–H groups in total. The Kier molecular flexibility index (Phi) is 3.86. The maximum atomic E-state index is 13.3. The Morgan fingerprint density at radius 2 is 1.44 bits per heavy atom. The Morgan fingerprint density at radius 1 is 1.06 bits per heavy atom. The monoisotopic (exact) mass is 306 g/mol. The fraction of sp³-hybridized carbons (Fsp3) is 0.125. The average Bonchev–Trinajstić information content (AvgIpc) is 2.24. The number of benzene rings is 1. The summed E-state index contributed by atoms with van der Waals surface area (Å²) in [5, 5.41) is 0. The first kappa shape index (κ1) is 14.7. The maximum Gasteiger partial charge on any atom is 0.344 e. The van der Waals surface area contributed by atoms with Crippen LogP contribution in [0.2, 0.25) is 0 Å². The molecular weight excluding hydrogens is 304 g/mol. The predicted octanol–water partition coefficient (Wildman–Crippen LogP) is 1.96. The van der Waals surface area contributed by atoms with E-state index in [1.807, 2.05) is 0 Å². The molecule has 0 fully saturated rings. The van der Waals surface area contributed by atoms with Gasteiger partial charge < -0.3 is 4.74 Å². The number of rotatable bonds is 2. The summed E-state index contributed by atoms with van der Waals surface area (Å²) in [6.45, 7) is 0. The standard InChI is InChI=1S/C8H3ClF4O4S/c1-17-8(14)2-3(10)5(12)7(18(9,15)16)6(13)4(2)11/h1H3. The van der Waals surface area contributed by atoms with Gasteiger partial charge in [-0.2, -0.15) is 0 Å². The van der Waals surface area contributed by atoms with Crippen LogP contribution in [0.15, 0.2) is 4.90 Å². The summed E-state index contributed by atoms with van der Waals surface area (Å²) in [7, 11) is 0.265. The van der Waals surface area contributed by atoms with Gasteiger partial charge in [-0.25, -0.2) is 30.8 Å². The average molecular weight is 307 g/mol. The minimum atomic E-state index is -5.07. The number of hydrogen-bond donors (Lipinski definition) is 0. The van der Waals surface area contributed by atoms with Crippen LogP contribution in [0.25, 0.3) is 0 Å². The molecule has 0 saturated heterocycles. The van der Waals surface area contributed by atoms with Crippen molar-refractivity contribution in [1.29, 1.82) is 0 Å². The topological polar surface area (TPSA) is 60.4 Å². The molecule has 0 aliphatic heterocycles. The molecule has 0 heterocycles. The highest BCUT2D eigenvalue weighted by Gasteiger charge is 2.34. The van der Waals surface area contributed by atoms with Gasteiger partial charge in [-0.3, -0.25) is 0 Å². The second kappa shape index (κ2) is 4.73. The Labute approximate surface area is 103 Å². The largest absolute Gasteiger partial charge is 0.465 e. The van der Waals surface area contributed by atoms with E-state index < -0.39 is 48.7 Å². The molecule has 0 aliphatic rings. The Morgan fingerprint density at radius 3 is 1.72 bits per heavy atom. The molecule has 1 aromatic rings. The molecule has 0 saturated carbocycles. The van der Waals surface area contributed by atoms with Crippen LogP contribution in [0, 0.1) is 23.3 Å². The van der Waals surface area contributed by atoms with E-state index in [1.165, 1.54) is 0 Å². The Hall–Kier alpha value is -1.35. The lowest BCUT2D eigenvalue weighted by Gasteiger charge is -2.08. The zero-order valence-corrected chi connectivity index (χ0v) is 10.0. The lowest BCUT2D eigenvalue weighted by Crippen LogP contribution is -2.15. The summed E-state index contributed by atoms with van der Waals surface area (Å²) in [6, 6.07) is 0. The number of carbonyl (C=O) groups is 1. The lowest BCUT2D eigenvalue weighted by atomic mass is 10.2. The van der Waals surface area contributed by atoms with Crippen LogP contribution >= 0.6 is 10.7 Å². The first-order chi connectivity index (χ1) is 8.12. The molecule has 0 aliphatic carbocycles. The first-order valence-corrected chi connectivity index (χ1v) is 6.32. The molecular formula is C8H3ClF4O4S. The van der Waals surface area contributed by atoms with Crippen molar-refractivity contribution in [1.82, 2.24) is 0 Å². The number of esters is 1. The molecule has 18 heavy (non-hydrogen) atoms. The van der Waals surface area contributed by atoms with Crippen LogP contribution in [0.1, 0.15) is 10.4 Å². The molecule has 0 aromatic heterocycles. The van der Waals surface area contributed by atoms with Gasteiger partial charge in [0.2, 0.25) is 0 Å². The quantitative estimate of drug-likeness (QED) is 0.363. The lowest BCUT2D eigenvalue weighted by molar-refractivity contribution is 0.0586. The molecule has 0 atom stereocenters. The minimum Gasteiger partial charge on any atom is -0.465 e. The van der Waals surface area contributed by atoms with E-state index in [0.29, 0.717) is 7.11 Å². The van der Waals surface area contributed by atoms with Crippen molar-refractivity contribution in [3.05, 3.63) is 28.8 Å². The highest BCUT2D eigenvalue weighted by Crippen LogP contribution is 2.29. The second-order valence-electron chi connectivity index (χ2n) is 2.89. The molecule has 4 nitrogen and oxygen atoms in total. The molecule has 0 unspecified atom stereocenters. The van der Waals surface area contributed by atoms with Crippen molar-refractivity contribution < 1.29 is 35.5 Å². The molecule has 0 radical (unpaired) electrons. The van der Waals surface area contributed by atoms with Gasteiger partial charge in [-0.1, -0.05) is 0 Å². The highest BCUT2D eigenvalue weighted by atomic mass is 35.7. The van der Waals surface area contributed by atoms with E-state index in [1.54, 1.807) is 0 Å². The first-order valence-electron chi connectivity index (χ1n) is 4.01. The van der Waals surface area contributed by atoms with Crippen LogP contribution in [-0.2, 0) is 13.8 Å². The van der Waals surface area contributed by atoms with Crippen molar-refractivity contribution in [2.45, 2.75) is 4.90 Å². The van der Waals surface area contributed by atoms with Gasteiger partial charge in [0, 0.05) is 10.7 Å². The van der Waals surface area contributed by atoms with Crippen molar-refractivity contribution in [3.8, 4) is 0 Å². The van der Waals surface area contributed by atoms with Crippen LogP contribution in [-0.4, -0.2) is 21.5 Å². The van der Waals surface area contributed by atoms with Crippen molar-refractivity contribution in [2.24, 2.45) is 0 Å². The zero-order valence-electron chi connectivity index (χ0n) is 8.43. The summed E-state index contributed by atoms with van der Waals surface area (Å²) in [5.74, 6) is -10.7. The fourth-order valence-electron chi connectivity index (χ4n) is 1.11. The second-order valence-corrected chi connectivity index (χ2v) is 5.39. The normalized spacial score (nSPS) is 11.4. The van der Waals surface area contributed by atoms with Crippen LogP contribution < -0.4 is 0 Å². The van der Waals surface area contributed by atoms with E-state index in [4.69, 9.17) is 0 Å². The predicted molar refractivity (Wildman–Crippen MR) is 50.7 cm³/mol. The highest BCUT2D eigenvalue weighted by molar-refractivity contribution is 8.13. The van der Waals surface area contributed by atoms with Gasteiger partial charge in [-0.15, -0.1) is 0 Å². The number of methoxy groups -OCH3 is 1. The van der Waals surface area contributed by atoms with Crippen LogP contribution in [0.4, 0.5) is 17.6 Å². The summed E-state index contributed by atoms with van der Waals surface area (Å²) in [6.07, 6.45) is 0. The fourth-order valence-corrected chi connectivity index (χ4v) is 2.12. The summed E-state index contributed by atoms with van der Waals surface area (Å²) >= 11 is 0. The minimum absolute atomic E-state index is 0.712. The number of halogens is 5. The Bertz CT molecular complexity index is 599.